The number of ether oxygens (including phenoxy) is 1. The molecule has 2 atom stereocenters. The van der Waals surface area contributed by atoms with E-state index in [0.29, 0.717) is 12.5 Å². The van der Waals surface area contributed by atoms with Gasteiger partial charge in [-0.25, -0.2) is 0 Å². The summed E-state index contributed by atoms with van der Waals surface area (Å²) < 4.78 is 5.28. The maximum Gasteiger partial charge on any atom is 0.123 e. The monoisotopic (exact) mass is 208 g/mol. The molecule has 0 fully saturated rings. The van der Waals surface area contributed by atoms with E-state index in [1.165, 1.54) is 0 Å². The number of hydrogen-bond donors (Lipinski definition) is 2. The number of benzene rings is 1. The van der Waals surface area contributed by atoms with Crippen LogP contribution in [-0.4, -0.2) is 13.7 Å². The van der Waals surface area contributed by atoms with E-state index < -0.39 is 0 Å². The van der Waals surface area contributed by atoms with Crippen molar-refractivity contribution in [2.24, 2.45) is 17.4 Å². The molecule has 1 rings (SSSR count). The zero-order valence-corrected chi connectivity index (χ0v) is 9.44. The molecule has 0 aliphatic rings. The first kappa shape index (κ1) is 12.0. The molecule has 15 heavy (non-hydrogen) atoms. The smallest absolute Gasteiger partial charge is 0.123 e. The fraction of sp³-hybridized carbons (Fsp3) is 0.500. The number of hydrogen-bond acceptors (Lipinski definition) is 3. The maximum absolute atomic E-state index is 6.17. The van der Waals surface area contributed by atoms with Crippen molar-refractivity contribution in [3.8, 4) is 5.75 Å². The maximum atomic E-state index is 6.17. The topological polar surface area (TPSA) is 61.3 Å². The van der Waals surface area contributed by atoms with Crippen LogP contribution in [0.5, 0.6) is 5.75 Å². The Morgan fingerprint density at radius 2 is 2.00 bits per heavy atom. The van der Waals surface area contributed by atoms with Gasteiger partial charge in [0.2, 0.25) is 0 Å². The van der Waals surface area contributed by atoms with Crippen LogP contribution in [0.1, 0.15) is 24.9 Å². The zero-order chi connectivity index (χ0) is 11.3. The molecule has 0 saturated carbocycles. The van der Waals surface area contributed by atoms with E-state index in [-0.39, 0.29) is 6.04 Å². The standard InChI is InChI=1S/C12H20N2O/c1-9(7-8-13)12(14)10-5-3-4-6-11(10)15-2/h3-6,9,12H,7-8,13-14H2,1-2H3. The zero-order valence-electron chi connectivity index (χ0n) is 9.44. The van der Waals surface area contributed by atoms with Crippen LogP contribution in [0, 0.1) is 5.92 Å². The number of para-hydroxylation sites is 1. The second-order valence-electron chi connectivity index (χ2n) is 3.82. The average molecular weight is 208 g/mol. The van der Waals surface area contributed by atoms with E-state index in [4.69, 9.17) is 16.2 Å². The van der Waals surface area contributed by atoms with Crippen molar-refractivity contribution in [2.45, 2.75) is 19.4 Å². The Bertz CT molecular complexity index is 301. The van der Waals surface area contributed by atoms with Crippen molar-refractivity contribution < 1.29 is 4.74 Å². The highest BCUT2D eigenvalue weighted by atomic mass is 16.5. The van der Waals surface area contributed by atoms with Gasteiger partial charge in [-0.05, 0) is 24.9 Å². The van der Waals surface area contributed by atoms with Crippen molar-refractivity contribution in [3.63, 3.8) is 0 Å². The van der Waals surface area contributed by atoms with Gasteiger partial charge >= 0.3 is 0 Å². The van der Waals surface area contributed by atoms with Crippen molar-refractivity contribution in [2.75, 3.05) is 13.7 Å². The van der Waals surface area contributed by atoms with Gasteiger partial charge in [-0.3, -0.25) is 0 Å². The van der Waals surface area contributed by atoms with Crippen molar-refractivity contribution >= 4 is 0 Å². The molecule has 0 aromatic heterocycles. The van der Waals surface area contributed by atoms with Crippen molar-refractivity contribution in [1.29, 1.82) is 0 Å². The molecule has 0 saturated heterocycles. The molecular weight excluding hydrogens is 188 g/mol. The minimum absolute atomic E-state index is 0.00954. The van der Waals surface area contributed by atoms with Crippen LogP contribution in [0.15, 0.2) is 24.3 Å². The molecule has 0 bridgehead atoms. The third-order valence-electron chi connectivity index (χ3n) is 2.73. The molecule has 2 unspecified atom stereocenters. The predicted octanol–water partition coefficient (Wildman–Crippen LogP) is 1.68. The number of methoxy groups -OCH3 is 1. The Morgan fingerprint density at radius 1 is 1.33 bits per heavy atom. The van der Waals surface area contributed by atoms with Crippen LogP contribution < -0.4 is 16.2 Å². The van der Waals surface area contributed by atoms with E-state index in [0.717, 1.165) is 17.7 Å². The van der Waals surface area contributed by atoms with Crippen molar-refractivity contribution in [1.82, 2.24) is 0 Å². The van der Waals surface area contributed by atoms with Crippen molar-refractivity contribution in [3.05, 3.63) is 29.8 Å². The van der Waals surface area contributed by atoms with Crippen LogP contribution >= 0.6 is 0 Å². The Labute approximate surface area is 91.4 Å². The molecule has 4 N–H and O–H groups in total. The molecule has 3 nitrogen and oxygen atoms in total. The molecule has 1 aromatic carbocycles. The first-order valence-electron chi connectivity index (χ1n) is 5.29. The molecule has 1 aromatic rings. The minimum atomic E-state index is -0.00954. The Hall–Kier alpha value is -1.06. The quantitative estimate of drug-likeness (QED) is 0.774. The lowest BCUT2D eigenvalue weighted by Crippen LogP contribution is -2.22. The van der Waals surface area contributed by atoms with Gasteiger partial charge in [0.15, 0.2) is 0 Å². The van der Waals surface area contributed by atoms with Crippen LogP contribution in [0.25, 0.3) is 0 Å². The van der Waals surface area contributed by atoms with Gasteiger partial charge in [0.1, 0.15) is 5.75 Å². The molecular formula is C12H20N2O. The summed E-state index contributed by atoms with van der Waals surface area (Å²) in [5.74, 6) is 1.22. The summed E-state index contributed by atoms with van der Waals surface area (Å²) in [6.45, 7) is 2.79. The van der Waals surface area contributed by atoms with Gasteiger partial charge in [0.25, 0.3) is 0 Å². The summed E-state index contributed by atoms with van der Waals surface area (Å²) in [4.78, 5) is 0. The first-order valence-corrected chi connectivity index (χ1v) is 5.29. The lowest BCUT2D eigenvalue weighted by Gasteiger charge is -2.21. The molecule has 3 heteroatoms. The van der Waals surface area contributed by atoms with E-state index in [1.807, 2.05) is 24.3 Å². The van der Waals surface area contributed by atoms with Gasteiger partial charge in [0.05, 0.1) is 7.11 Å². The number of nitrogens with two attached hydrogens (primary N) is 2. The SMILES string of the molecule is COc1ccccc1C(N)C(C)CCN. The largest absolute Gasteiger partial charge is 0.496 e. The lowest BCUT2D eigenvalue weighted by atomic mass is 9.92. The fourth-order valence-electron chi connectivity index (χ4n) is 1.69. The summed E-state index contributed by atoms with van der Waals surface area (Å²) in [5, 5.41) is 0. The van der Waals surface area contributed by atoms with Gasteiger partial charge in [-0.2, -0.15) is 0 Å². The summed E-state index contributed by atoms with van der Waals surface area (Å²) in [6.07, 6.45) is 0.930. The second kappa shape index (κ2) is 5.73. The predicted molar refractivity (Wildman–Crippen MR) is 62.8 cm³/mol. The molecule has 0 radical (unpaired) electrons. The van der Waals surface area contributed by atoms with Gasteiger partial charge in [-0.1, -0.05) is 25.1 Å². The third-order valence-corrected chi connectivity index (χ3v) is 2.73. The molecule has 0 amide bonds. The highest BCUT2D eigenvalue weighted by Gasteiger charge is 2.17. The minimum Gasteiger partial charge on any atom is -0.496 e. The van der Waals surface area contributed by atoms with E-state index in [2.05, 4.69) is 6.92 Å². The molecule has 0 aliphatic carbocycles. The van der Waals surface area contributed by atoms with Gasteiger partial charge in [-0.15, -0.1) is 0 Å². The highest BCUT2D eigenvalue weighted by molar-refractivity contribution is 5.35. The molecule has 0 heterocycles. The summed E-state index contributed by atoms with van der Waals surface area (Å²) in [6, 6.07) is 7.86. The normalized spacial score (nSPS) is 14.7. The third kappa shape index (κ3) is 2.94. The summed E-state index contributed by atoms with van der Waals surface area (Å²) >= 11 is 0. The molecule has 0 spiro atoms. The van der Waals surface area contributed by atoms with E-state index >= 15 is 0 Å². The van der Waals surface area contributed by atoms with E-state index in [1.54, 1.807) is 7.11 Å². The van der Waals surface area contributed by atoms with Gasteiger partial charge in [0, 0.05) is 11.6 Å². The number of rotatable bonds is 5. The fourth-order valence-corrected chi connectivity index (χ4v) is 1.69. The molecule has 0 aliphatic heterocycles. The highest BCUT2D eigenvalue weighted by Crippen LogP contribution is 2.29. The van der Waals surface area contributed by atoms with Gasteiger partial charge < -0.3 is 16.2 Å². The Balaban J connectivity index is 2.84. The average Bonchev–Trinajstić information content (AvgIpc) is 2.28. The van der Waals surface area contributed by atoms with E-state index in [9.17, 15) is 0 Å². The Morgan fingerprint density at radius 3 is 2.60 bits per heavy atom. The summed E-state index contributed by atoms with van der Waals surface area (Å²) in [7, 11) is 1.67. The lowest BCUT2D eigenvalue weighted by molar-refractivity contribution is 0.385. The van der Waals surface area contributed by atoms with Crippen LogP contribution in [0.4, 0.5) is 0 Å². The van der Waals surface area contributed by atoms with Crippen LogP contribution in [-0.2, 0) is 0 Å². The Kier molecular flexibility index (Phi) is 4.59. The first-order chi connectivity index (χ1) is 7.20. The molecule has 84 valence electrons. The van der Waals surface area contributed by atoms with Crippen LogP contribution in [0.2, 0.25) is 0 Å². The second-order valence-corrected chi connectivity index (χ2v) is 3.82. The summed E-state index contributed by atoms with van der Waals surface area (Å²) in [5.41, 5.74) is 12.8. The van der Waals surface area contributed by atoms with Crippen LogP contribution in [0.3, 0.4) is 0 Å².